The lowest BCUT2D eigenvalue weighted by Crippen LogP contribution is -2.26. The highest BCUT2D eigenvalue weighted by Crippen LogP contribution is 2.35. The highest BCUT2D eigenvalue weighted by atomic mass is 16.5. The van der Waals surface area contributed by atoms with Crippen molar-refractivity contribution in [3.8, 4) is 23.0 Å². The molecule has 0 atom stereocenters. The number of rotatable bonds is 6. The van der Waals surface area contributed by atoms with E-state index in [1.165, 1.54) is 19.2 Å². The van der Waals surface area contributed by atoms with Crippen molar-refractivity contribution in [2.45, 2.75) is 6.42 Å². The van der Waals surface area contributed by atoms with E-state index in [9.17, 15) is 15.0 Å². The minimum Gasteiger partial charge on any atom is -0.507 e. The number of amides is 1. The fourth-order valence-electron chi connectivity index (χ4n) is 2.19. The molecule has 0 radical (unpaired) electrons. The van der Waals surface area contributed by atoms with E-state index in [2.05, 4.69) is 5.32 Å². The van der Waals surface area contributed by atoms with E-state index in [0.717, 1.165) is 11.3 Å². The molecule has 6 nitrogen and oxygen atoms in total. The first-order valence-electron chi connectivity index (χ1n) is 7.07. The van der Waals surface area contributed by atoms with Gasteiger partial charge in [0.25, 0.3) is 5.91 Å². The van der Waals surface area contributed by atoms with Gasteiger partial charge in [-0.15, -0.1) is 0 Å². The molecule has 0 aliphatic rings. The van der Waals surface area contributed by atoms with Crippen molar-refractivity contribution in [3.63, 3.8) is 0 Å². The lowest BCUT2D eigenvalue weighted by Gasteiger charge is -2.12. The zero-order chi connectivity index (χ0) is 16.8. The van der Waals surface area contributed by atoms with Crippen molar-refractivity contribution in [2.75, 3.05) is 20.8 Å². The van der Waals surface area contributed by atoms with Crippen LogP contribution in [0.2, 0.25) is 0 Å². The molecule has 0 heterocycles. The number of phenols is 2. The Labute approximate surface area is 134 Å². The smallest absolute Gasteiger partial charge is 0.259 e. The first-order chi connectivity index (χ1) is 11.1. The molecule has 0 bridgehead atoms. The van der Waals surface area contributed by atoms with Gasteiger partial charge in [0.15, 0.2) is 11.5 Å². The second kappa shape index (κ2) is 7.40. The normalized spacial score (nSPS) is 10.2. The average Bonchev–Trinajstić information content (AvgIpc) is 2.57. The van der Waals surface area contributed by atoms with E-state index < -0.39 is 5.91 Å². The number of benzene rings is 2. The van der Waals surface area contributed by atoms with Crippen LogP contribution in [0.15, 0.2) is 36.4 Å². The molecule has 122 valence electrons. The quantitative estimate of drug-likeness (QED) is 0.710. The van der Waals surface area contributed by atoms with Crippen LogP contribution in [0, 0.1) is 0 Å². The minimum absolute atomic E-state index is 0.0491. The Morgan fingerprint density at radius 1 is 1.00 bits per heavy atom. The molecule has 1 amide bonds. The molecule has 0 spiro atoms. The summed E-state index contributed by atoms with van der Waals surface area (Å²) in [5, 5.41) is 22.2. The fourth-order valence-corrected chi connectivity index (χ4v) is 2.19. The summed E-state index contributed by atoms with van der Waals surface area (Å²) in [6.07, 6.45) is 0.623. The maximum Gasteiger partial charge on any atom is 0.259 e. The van der Waals surface area contributed by atoms with Crippen LogP contribution in [0.25, 0.3) is 0 Å². The summed E-state index contributed by atoms with van der Waals surface area (Å²) in [4.78, 5) is 12.2. The third-order valence-electron chi connectivity index (χ3n) is 3.40. The molecule has 0 fully saturated rings. The summed E-state index contributed by atoms with van der Waals surface area (Å²) in [6.45, 7) is 0.378. The van der Waals surface area contributed by atoms with E-state index in [4.69, 9.17) is 9.47 Å². The highest BCUT2D eigenvalue weighted by molar-refractivity contribution is 6.00. The first kappa shape index (κ1) is 16.5. The number of methoxy groups -OCH3 is 2. The Morgan fingerprint density at radius 2 is 1.65 bits per heavy atom. The second-order valence-corrected chi connectivity index (χ2v) is 4.87. The monoisotopic (exact) mass is 317 g/mol. The van der Waals surface area contributed by atoms with E-state index in [1.807, 2.05) is 24.3 Å². The van der Waals surface area contributed by atoms with E-state index in [0.29, 0.717) is 13.0 Å². The molecule has 2 rings (SSSR count). The van der Waals surface area contributed by atoms with Gasteiger partial charge in [-0.05, 0) is 36.2 Å². The van der Waals surface area contributed by atoms with Crippen LogP contribution in [0.4, 0.5) is 0 Å². The number of hydrogen-bond donors (Lipinski definition) is 3. The summed E-state index contributed by atoms with van der Waals surface area (Å²) in [7, 11) is 2.92. The molecule has 23 heavy (non-hydrogen) atoms. The number of aromatic hydroxyl groups is 2. The van der Waals surface area contributed by atoms with Crippen LogP contribution < -0.4 is 14.8 Å². The second-order valence-electron chi connectivity index (χ2n) is 4.87. The van der Waals surface area contributed by atoms with E-state index >= 15 is 0 Å². The predicted octanol–water partition coefficient (Wildman–Crippen LogP) is 2.09. The number of ether oxygens (including phenoxy) is 2. The fraction of sp³-hybridized carbons (Fsp3) is 0.235. The Hall–Kier alpha value is -2.89. The molecular formula is C17H19NO5. The van der Waals surface area contributed by atoms with E-state index in [-0.39, 0.29) is 22.8 Å². The molecule has 0 unspecified atom stereocenters. The van der Waals surface area contributed by atoms with Gasteiger partial charge in [-0.1, -0.05) is 12.1 Å². The lowest BCUT2D eigenvalue weighted by molar-refractivity contribution is 0.0947. The number of phenolic OH excluding ortho intramolecular Hbond substituents is 2. The largest absolute Gasteiger partial charge is 0.507 e. The number of carbonyl (C=O) groups is 1. The van der Waals surface area contributed by atoms with Crippen molar-refractivity contribution in [1.82, 2.24) is 5.32 Å². The summed E-state index contributed by atoms with van der Waals surface area (Å²) in [5.41, 5.74) is 0.959. The van der Waals surface area contributed by atoms with Gasteiger partial charge in [-0.2, -0.15) is 0 Å². The first-order valence-corrected chi connectivity index (χ1v) is 7.07. The van der Waals surface area contributed by atoms with Crippen LogP contribution >= 0.6 is 0 Å². The number of hydrogen-bond acceptors (Lipinski definition) is 5. The molecule has 6 heteroatoms. The molecule has 2 aromatic carbocycles. The van der Waals surface area contributed by atoms with Crippen LogP contribution in [0.5, 0.6) is 23.0 Å². The summed E-state index contributed by atoms with van der Waals surface area (Å²) >= 11 is 0. The zero-order valence-corrected chi connectivity index (χ0v) is 13.0. The van der Waals surface area contributed by atoms with E-state index in [1.54, 1.807) is 7.11 Å². The van der Waals surface area contributed by atoms with Gasteiger partial charge in [-0.25, -0.2) is 0 Å². The third kappa shape index (κ3) is 3.85. The molecule has 2 aromatic rings. The third-order valence-corrected chi connectivity index (χ3v) is 3.40. The van der Waals surface area contributed by atoms with Crippen LogP contribution in [0.3, 0.4) is 0 Å². The summed E-state index contributed by atoms with van der Waals surface area (Å²) < 4.78 is 10.1. The van der Waals surface area contributed by atoms with Gasteiger partial charge < -0.3 is 25.0 Å². The van der Waals surface area contributed by atoms with Gasteiger partial charge in [0.2, 0.25) is 0 Å². The molecule has 0 aliphatic heterocycles. The van der Waals surface area contributed by atoms with Crippen LogP contribution in [0.1, 0.15) is 15.9 Å². The summed E-state index contributed by atoms with van der Waals surface area (Å²) in [6, 6.07) is 10.0. The Balaban J connectivity index is 2.01. The average molecular weight is 317 g/mol. The number of carbonyl (C=O) groups excluding carboxylic acids is 1. The number of nitrogens with one attached hydrogen (secondary N) is 1. The topological polar surface area (TPSA) is 88.0 Å². The van der Waals surface area contributed by atoms with Gasteiger partial charge in [0, 0.05) is 6.54 Å². The highest BCUT2D eigenvalue weighted by Gasteiger charge is 2.20. The van der Waals surface area contributed by atoms with Crippen molar-refractivity contribution < 1.29 is 24.5 Å². The SMILES string of the molecule is COc1ccc(CCNC(=O)c2c(O)ccc(O)c2OC)cc1. The van der Waals surface area contributed by atoms with Crippen molar-refractivity contribution >= 4 is 5.91 Å². The maximum atomic E-state index is 12.2. The Morgan fingerprint density at radius 3 is 2.26 bits per heavy atom. The summed E-state index contributed by atoms with van der Waals surface area (Å²) in [5.74, 6) is -0.241. The molecule has 0 aromatic heterocycles. The van der Waals surface area contributed by atoms with Gasteiger partial charge in [0.05, 0.1) is 14.2 Å². The molecule has 0 aliphatic carbocycles. The van der Waals surface area contributed by atoms with Gasteiger partial charge in [-0.3, -0.25) is 4.79 Å². The lowest BCUT2D eigenvalue weighted by atomic mass is 10.1. The standard InChI is InChI=1S/C17H19NO5/c1-22-12-5-3-11(4-6-12)9-10-18-17(21)15-13(19)7-8-14(20)16(15)23-2/h3-8,19-20H,9-10H2,1-2H3,(H,18,21). The molecule has 0 saturated carbocycles. The zero-order valence-electron chi connectivity index (χ0n) is 13.0. The molecule has 0 saturated heterocycles. The van der Waals surface area contributed by atoms with Crippen LogP contribution in [-0.4, -0.2) is 36.9 Å². The van der Waals surface area contributed by atoms with Gasteiger partial charge in [0.1, 0.15) is 17.1 Å². The van der Waals surface area contributed by atoms with Crippen molar-refractivity contribution in [1.29, 1.82) is 0 Å². The molecule has 3 N–H and O–H groups in total. The molecular weight excluding hydrogens is 298 g/mol. The van der Waals surface area contributed by atoms with Gasteiger partial charge >= 0.3 is 0 Å². The van der Waals surface area contributed by atoms with Crippen molar-refractivity contribution in [3.05, 3.63) is 47.5 Å². The maximum absolute atomic E-state index is 12.2. The Kier molecular flexibility index (Phi) is 5.30. The Bertz CT molecular complexity index is 682. The predicted molar refractivity (Wildman–Crippen MR) is 85.4 cm³/mol. The van der Waals surface area contributed by atoms with Crippen molar-refractivity contribution in [2.24, 2.45) is 0 Å². The van der Waals surface area contributed by atoms with Crippen LogP contribution in [-0.2, 0) is 6.42 Å². The minimum atomic E-state index is -0.510.